The van der Waals surface area contributed by atoms with Gasteiger partial charge in [-0.05, 0) is 32.1 Å². The molecule has 0 spiro atoms. The van der Waals surface area contributed by atoms with Crippen molar-refractivity contribution in [2.24, 2.45) is 5.92 Å². The van der Waals surface area contributed by atoms with Gasteiger partial charge in [-0.1, -0.05) is 35.7 Å². The third-order valence-corrected chi connectivity index (χ3v) is 5.00. The van der Waals surface area contributed by atoms with Gasteiger partial charge in [0.2, 0.25) is 0 Å². The van der Waals surface area contributed by atoms with E-state index < -0.39 is 0 Å². The second-order valence-electron chi connectivity index (χ2n) is 5.75. The maximum absolute atomic E-state index is 5.86. The van der Waals surface area contributed by atoms with Crippen LogP contribution in [-0.4, -0.2) is 37.0 Å². The smallest absolute Gasteiger partial charge is 0.160 e. The minimum atomic E-state index is 0.00971. The topological polar surface area (TPSA) is 27.7 Å². The molecular formula is C15H27BrO3. The molecule has 0 aromatic rings. The third-order valence-electron chi connectivity index (χ3n) is 4.08. The quantitative estimate of drug-likeness (QED) is 0.544. The van der Waals surface area contributed by atoms with Crippen LogP contribution in [0.15, 0.2) is 0 Å². The third kappa shape index (κ3) is 5.33. The Hall–Kier alpha value is 0.360. The fourth-order valence-corrected chi connectivity index (χ4v) is 3.35. The van der Waals surface area contributed by atoms with Crippen molar-refractivity contribution in [2.75, 3.05) is 19.8 Å². The molecule has 4 heteroatoms. The Labute approximate surface area is 125 Å². The Morgan fingerprint density at radius 3 is 2.37 bits per heavy atom. The van der Waals surface area contributed by atoms with Gasteiger partial charge in [-0.25, -0.2) is 0 Å². The average molecular weight is 335 g/mol. The van der Waals surface area contributed by atoms with E-state index in [9.17, 15) is 0 Å². The number of hydrogen-bond donors (Lipinski definition) is 0. The van der Waals surface area contributed by atoms with E-state index in [-0.39, 0.29) is 12.4 Å². The van der Waals surface area contributed by atoms with Crippen molar-refractivity contribution in [3.8, 4) is 0 Å². The molecule has 0 aromatic heterocycles. The summed E-state index contributed by atoms with van der Waals surface area (Å²) in [7, 11) is 0. The normalized spacial score (nSPS) is 36.3. The summed E-state index contributed by atoms with van der Waals surface area (Å²) in [4.78, 5) is 0.696. The van der Waals surface area contributed by atoms with E-state index in [4.69, 9.17) is 14.2 Å². The highest BCUT2D eigenvalue weighted by molar-refractivity contribution is 9.09. The first-order valence-corrected chi connectivity index (χ1v) is 8.70. The Morgan fingerprint density at radius 1 is 1.05 bits per heavy atom. The van der Waals surface area contributed by atoms with Gasteiger partial charge >= 0.3 is 0 Å². The number of halogens is 1. The first-order chi connectivity index (χ1) is 9.29. The summed E-state index contributed by atoms with van der Waals surface area (Å²) in [6.07, 6.45) is 8.68. The van der Waals surface area contributed by atoms with Gasteiger partial charge < -0.3 is 14.2 Å². The summed E-state index contributed by atoms with van der Waals surface area (Å²) in [6, 6.07) is 0. The average Bonchev–Trinajstić information content (AvgIpc) is 2.45. The van der Waals surface area contributed by atoms with Gasteiger partial charge in [-0.2, -0.15) is 0 Å². The van der Waals surface area contributed by atoms with Crippen LogP contribution in [0.25, 0.3) is 0 Å². The monoisotopic (exact) mass is 334 g/mol. The van der Waals surface area contributed by atoms with Gasteiger partial charge in [0.05, 0.1) is 13.2 Å². The van der Waals surface area contributed by atoms with E-state index in [0.717, 1.165) is 13.0 Å². The molecule has 0 unspecified atom stereocenters. The first-order valence-electron chi connectivity index (χ1n) is 7.78. The Kier molecular flexibility index (Phi) is 7.13. The fourth-order valence-electron chi connectivity index (χ4n) is 2.82. The van der Waals surface area contributed by atoms with Crippen LogP contribution in [-0.2, 0) is 14.2 Å². The van der Waals surface area contributed by atoms with Crippen LogP contribution in [0.4, 0.5) is 0 Å². The minimum absolute atomic E-state index is 0.00971. The molecule has 0 N–H and O–H groups in total. The number of hydrogen-bond acceptors (Lipinski definition) is 3. The molecule has 19 heavy (non-hydrogen) atoms. The van der Waals surface area contributed by atoms with Gasteiger partial charge in [-0.3, -0.25) is 0 Å². The van der Waals surface area contributed by atoms with Gasteiger partial charge in [0, 0.05) is 17.4 Å². The maximum atomic E-state index is 5.86. The van der Waals surface area contributed by atoms with Crippen LogP contribution in [0.2, 0.25) is 0 Å². The summed E-state index contributed by atoms with van der Waals surface area (Å²) in [6.45, 7) is 4.44. The van der Waals surface area contributed by atoms with E-state index >= 15 is 0 Å². The SMILES string of the molecule is CCCCCOC1COC(C2CCC(Br)CC2)OC1. The highest BCUT2D eigenvalue weighted by atomic mass is 79.9. The lowest BCUT2D eigenvalue weighted by Crippen LogP contribution is -2.42. The van der Waals surface area contributed by atoms with Crippen molar-refractivity contribution in [1.29, 1.82) is 0 Å². The van der Waals surface area contributed by atoms with Gasteiger partial charge in [0.25, 0.3) is 0 Å². The zero-order chi connectivity index (χ0) is 13.5. The summed E-state index contributed by atoms with van der Waals surface area (Å²) in [5.74, 6) is 0.579. The van der Waals surface area contributed by atoms with Crippen molar-refractivity contribution in [3.63, 3.8) is 0 Å². The highest BCUT2D eigenvalue weighted by Crippen LogP contribution is 2.33. The molecule has 0 atom stereocenters. The van der Waals surface area contributed by atoms with E-state index in [0.29, 0.717) is 24.0 Å². The summed E-state index contributed by atoms with van der Waals surface area (Å²) >= 11 is 3.69. The van der Waals surface area contributed by atoms with E-state index in [1.165, 1.54) is 38.5 Å². The van der Waals surface area contributed by atoms with Gasteiger partial charge in [-0.15, -0.1) is 0 Å². The molecule has 0 amide bonds. The van der Waals surface area contributed by atoms with Gasteiger partial charge in [0.1, 0.15) is 6.10 Å². The second-order valence-corrected chi connectivity index (χ2v) is 7.04. The van der Waals surface area contributed by atoms with Crippen LogP contribution < -0.4 is 0 Å². The van der Waals surface area contributed by atoms with Crippen molar-refractivity contribution >= 4 is 15.9 Å². The molecule has 2 fully saturated rings. The van der Waals surface area contributed by atoms with Crippen LogP contribution in [0.1, 0.15) is 51.9 Å². The number of ether oxygens (including phenoxy) is 3. The maximum Gasteiger partial charge on any atom is 0.160 e. The molecule has 2 aliphatic rings. The van der Waals surface area contributed by atoms with Gasteiger partial charge in [0.15, 0.2) is 6.29 Å². The Morgan fingerprint density at radius 2 is 1.74 bits per heavy atom. The molecule has 0 aromatic carbocycles. The number of unbranched alkanes of at least 4 members (excludes halogenated alkanes) is 2. The predicted octanol–water partition coefficient (Wildman–Crippen LogP) is 3.89. The molecule has 1 heterocycles. The molecule has 1 saturated carbocycles. The molecule has 3 nitrogen and oxygen atoms in total. The van der Waals surface area contributed by atoms with Crippen LogP contribution >= 0.6 is 15.9 Å². The summed E-state index contributed by atoms with van der Waals surface area (Å²) in [5.41, 5.74) is 0. The van der Waals surface area contributed by atoms with E-state index in [1.54, 1.807) is 0 Å². The summed E-state index contributed by atoms with van der Waals surface area (Å²) < 4.78 is 17.5. The lowest BCUT2D eigenvalue weighted by atomic mass is 9.88. The van der Waals surface area contributed by atoms with Crippen molar-refractivity contribution < 1.29 is 14.2 Å². The number of alkyl halides is 1. The zero-order valence-electron chi connectivity index (χ0n) is 12.0. The van der Waals surface area contributed by atoms with Crippen LogP contribution in [0.5, 0.6) is 0 Å². The Bertz CT molecular complexity index is 234. The van der Waals surface area contributed by atoms with Crippen LogP contribution in [0, 0.1) is 5.92 Å². The molecule has 112 valence electrons. The van der Waals surface area contributed by atoms with Crippen molar-refractivity contribution in [1.82, 2.24) is 0 Å². The second kappa shape index (κ2) is 8.60. The standard InChI is InChI=1S/C15H27BrO3/c1-2-3-4-9-17-14-10-18-15(19-11-14)12-5-7-13(16)8-6-12/h12-15H,2-11H2,1H3. The zero-order valence-corrected chi connectivity index (χ0v) is 13.6. The lowest BCUT2D eigenvalue weighted by molar-refractivity contribution is -0.248. The van der Waals surface area contributed by atoms with E-state index in [2.05, 4.69) is 22.9 Å². The molecule has 1 aliphatic heterocycles. The van der Waals surface area contributed by atoms with E-state index in [1.807, 2.05) is 0 Å². The minimum Gasteiger partial charge on any atom is -0.373 e. The molecule has 2 rings (SSSR count). The van der Waals surface area contributed by atoms with Crippen molar-refractivity contribution in [2.45, 2.75) is 69.1 Å². The highest BCUT2D eigenvalue weighted by Gasteiger charge is 2.32. The van der Waals surface area contributed by atoms with Crippen LogP contribution in [0.3, 0.4) is 0 Å². The lowest BCUT2D eigenvalue weighted by Gasteiger charge is -2.36. The predicted molar refractivity (Wildman–Crippen MR) is 79.6 cm³/mol. The summed E-state index contributed by atoms with van der Waals surface area (Å²) in [5, 5.41) is 0. The largest absolute Gasteiger partial charge is 0.373 e. The molecule has 1 aliphatic carbocycles. The molecule has 1 saturated heterocycles. The number of rotatable bonds is 6. The fraction of sp³-hybridized carbons (Fsp3) is 1.00. The first kappa shape index (κ1) is 15.7. The molecular weight excluding hydrogens is 308 g/mol. The molecule has 0 bridgehead atoms. The Balaban J connectivity index is 1.59. The van der Waals surface area contributed by atoms with Crippen molar-refractivity contribution in [3.05, 3.63) is 0 Å². The molecule has 0 radical (unpaired) electrons.